The first kappa shape index (κ1) is 15.5. The molecule has 0 radical (unpaired) electrons. The fourth-order valence-corrected chi connectivity index (χ4v) is 3.10. The van der Waals surface area contributed by atoms with Crippen LogP contribution in [0.2, 0.25) is 0 Å². The zero-order chi connectivity index (χ0) is 16.2. The number of aromatic nitrogens is 2. The third-order valence-corrected chi connectivity index (χ3v) is 4.47. The van der Waals surface area contributed by atoms with Crippen molar-refractivity contribution in [3.63, 3.8) is 0 Å². The molecule has 0 bridgehead atoms. The maximum absolute atomic E-state index is 12.1. The smallest absolute Gasteiger partial charge is 0.387 e. The Balaban J connectivity index is 1.70. The van der Waals surface area contributed by atoms with Crippen molar-refractivity contribution in [1.29, 1.82) is 0 Å². The number of halogens is 2. The van der Waals surface area contributed by atoms with Gasteiger partial charge in [0.05, 0.1) is 4.88 Å². The Labute approximate surface area is 137 Å². The van der Waals surface area contributed by atoms with Gasteiger partial charge in [-0.25, -0.2) is 0 Å². The lowest BCUT2D eigenvalue weighted by molar-refractivity contribution is -0.0498. The normalized spacial score (nSPS) is 10.7. The summed E-state index contributed by atoms with van der Waals surface area (Å²) in [7, 11) is 0. The van der Waals surface area contributed by atoms with E-state index in [-0.39, 0.29) is 11.7 Å². The predicted octanol–water partition coefficient (Wildman–Crippen LogP) is 4.12. The Morgan fingerprint density at radius 2 is 1.96 bits per heavy atom. The van der Waals surface area contributed by atoms with Gasteiger partial charge in [-0.2, -0.15) is 8.78 Å². The lowest BCUT2D eigenvalue weighted by atomic mass is 10.2. The average molecular weight is 353 g/mol. The fourth-order valence-electron chi connectivity index (χ4n) is 1.74. The van der Waals surface area contributed by atoms with Crippen molar-refractivity contribution in [1.82, 2.24) is 10.2 Å². The van der Waals surface area contributed by atoms with Crippen LogP contribution < -0.4 is 10.1 Å². The molecule has 118 valence electrons. The van der Waals surface area contributed by atoms with Gasteiger partial charge in [-0.3, -0.25) is 10.1 Å². The molecule has 0 unspecified atom stereocenters. The van der Waals surface area contributed by atoms with E-state index in [1.807, 2.05) is 5.38 Å². The molecule has 0 spiro atoms. The number of amides is 1. The number of hydrogen-bond acceptors (Lipinski definition) is 6. The molecule has 3 aromatic rings. The summed E-state index contributed by atoms with van der Waals surface area (Å²) in [5.41, 5.74) is 0.695. The topological polar surface area (TPSA) is 64.1 Å². The molecular formula is C14H9F2N3O2S2. The third kappa shape index (κ3) is 3.88. The van der Waals surface area contributed by atoms with Gasteiger partial charge in [-0.05, 0) is 35.7 Å². The second kappa shape index (κ2) is 6.80. The Morgan fingerprint density at radius 3 is 2.61 bits per heavy atom. The van der Waals surface area contributed by atoms with Gasteiger partial charge in [0.1, 0.15) is 10.8 Å². The zero-order valence-corrected chi connectivity index (χ0v) is 13.0. The van der Waals surface area contributed by atoms with E-state index in [2.05, 4.69) is 20.3 Å². The van der Waals surface area contributed by atoms with Crippen LogP contribution in [0.4, 0.5) is 13.9 Å². The number of rotatable bonds is 5. The highest BCUT2D eigenvalue weighted by molar-refractivity contribution is 7.18. The molecule has 2 heterocycles. The lowest BCUT2D eigenvalue weighted by Crippen LogP contribution is -2.09. The lowest BCUT2D eigenvalue weighted by Gasteiger charge is -2.03. The zero-order valence-electron chi connectivity index (χ0n) is 11.4. The molecule has 0 atom stereocenters. The molecule has 1 aromatic carbocycles. The van der Waals surface area contributed by atoms with Crippen molar-refractivity contribution in [3.05, 3.63) is 46.7 Å². The largest absolute Gasteiger partial charge is 0.435 e. The average Bonchev–Trinajstić information content (AvgIpc) is 3.18. The van der Waals surface area contributed by atoms with Gasteiger partial charge in [-0.1, -0.05) is 17.4 Å². The van der Waals surface area contributed by atoms with Crippen molar-refractivity contribution in [2.45, 2.75) is 6.61 Å². The van der Waals surface area contributed by atoms with Crippen LogP contribution in [0.1, 0.15) is 9.67 Å². The SMILES string of the molecule is O=C(Nc1nnc(-c2ccc(OC(F)F)cc2)s1)c1cccs1. The van der Waals surface area contributed by atoms with E-state index in [0.717, 1.165) is 0 Å². The first-order chi connectivity index (χ1) is 11.1. The third-order valence-electron chi connectivity index (χ3n) is 2.72. The van der Waals surface area contributed by atoms with E-state index in [4.69, 9.17) is 0 Å². The second-order valence-electron chi connectivity index (χ2n) is 4.25. The maximum atomic E-state index is 12.1. The van der Waals surface area contributed by atoms with E-state index in [1.54, 1.807) is 24.3 Å². The quantitative estimate of drug-likeness (QED) is 0.749. The minimum absolute atomic E-state index is 0.0690. The summed E-state index contributed by atoms with van der Waals surface area (Å²) < 4.78 is 28.5. The number of hydrogen-bond donors (Lipinski definition) is 1. The first-order valence-electron chi connectivity index (χ1n) is 6.35. The molecule has 5 nitrogen and oxygen atoms in total. The molecule has 23 heavy (non-hydrogen) atoms. The monoisotopic (exact) mass is 353 g/mol. The molecule has 9 heteroatoms. The van der Waals surface area contributed by atoms with Crippen LogP contribution in [-0.4, -0.2) is 22.7 Å². The van der Waals surface area contributed by atoms with Crippen molar-refractivity contribution in [2.24, 2.45) is 0 Å². The van der Waals surface area contributed by atoms with Crippen LogP contribution in [0, 0.1) is 0 Å². The molecule has 0 aliphatic rings. The van der Waals surface area contributed by atoms with Crippen LogP contribution in [0.25, 0.3) is 10.6 Å². The van der Waals surface area contributed by atoms with Crippen LogP contribution in [0.3, 0.4) is 0 Å². The van der Waals surface area contributed by atoms with E-state index in [1.165, 1.54) is 34.8 Å². The summed E-state index contributed by atoms with van der Waals surface area (Å²) in [5, 5.41) is 13.3. The van der Waals surface area contributed by atoms with Gasteiger partial charge in [0.25, 0.3) is 5.91 Å². The highest BCUT2D eigenvalue weighted by atomic mass is 32.1. The molecule has 2 aromatic heterocycles. The number of thiophene rings is 1. The van der Waals surface area contributed by atoms with Gasteiger partial charge in [-0.15, -0.1) is 21.5 Å². The molecule has 0 aliphatic heterocycles. The summed E-state index contributed by atoms with van der Waals surface area (Å²) >= 11 is 2.52. The van der Waals surface area contributed by atoms with E-state index < -0.39 is 6.61 Å². The molecule has 0 fully saturated rings. The minimum Gasteiger partial charge on any atom is -0.435 e. The van der Waals surface area contributed by atoms with Crippen molar-refractivity contribution >= 4 is 33.7 Å². The summed E-state index contributed by atoms with van der Waals surface area (Å²) in [5.74, 6) is -0.178. The number of ether oxygens (including phenoxy) is 1. The number of carbonyl (C=O) groups excluding carboxylic acids is 1. The van der Waals surface area contributed by atoms with Gasteiger partial charge in [0.2, 0.25) is 5.13 Å². The van der Waals surface area contributed by atoms with E-state index in [0.29, 0.717) is 20.6 Å². The summed E-state index contributed by atoms with van der Waals surface area (Å²) in [6.07, 6.45) is 0. The highest BCUT2D eigenvalue weighted by Crippen LogP contribution is 2.28. The number of carbonyl (C=O) groups is 1. The fraction of sp³-hybridized carbons (Fsp3) is 0.0714. The number of nitrogens with zero attached hydrogens (tertiary/aromatic N) is 2. The van der Waals surface area contributed by atoms with Crippen molar-refractivity contribution in [3.8, 4) is 16.3 Å². The molecule has 0 aliphatic carbocycles. The van der Waals surface area contributed by atoms with Gasteiger partial charge >= 0.3 is 6.61 Å². The molecular weight excluding hydrogens is 344 g/mol. The maximum Gasteiger partial charge on any atom is 0.387 e. The van der Waals surface area contributed by atoms with E-state index >= 15 is 0 Å². The van der Waals surface area contributed by atoms with Crippen molar-refractivity contribution < 1.29 is 18.3 Å². The summed E-state index contributed by atoms with van der Waals surface area (Å²) in [4.78, 5) is 12.5. The number of nitrogens with one attached hydrogen (secondary N) is 1. The molecule has 0 saturated carbocycles. The Morgan fingerprint density at radius 1 is 1.17 bits per heavy atom. The van der Waals surface area contributed by atoms with Crippen molar-refractivity contribution in [2.75, 3.05) is 5.32 Å². The summed E-state index contributed by atoms with van der Waals surface area (Å²) in [6, 6.07) is 9.55. The van der Waals surface area contributed by atoms with Gasteiger partial charge in [0, 0.05) is 5.56 Å². The van der Waals surface area contributed by atoms with Gasteiger partial charge in [0.15, 0.2) is 0 Å². The van der Waals surface area contributed by atoms with Crippen LogP contribution >= 0.6 is 22.7 Å². The highest BCUT2D eigenvalue weighted by Gasteiger charge is 2.12. The molecule has 0 saturated heterocycles. The minimum atomic E-state index is -2.86. The number of benzene rings is 1. The summed E-state index contributed by atoms with van der Waals surface area (Å²) in [6.45, 7) is -2.86. The standard InChI is InChI=1S/C14H9F2N3O2S2/c15-13(16)21-9-5-3-8(4-6-9)12-18-19-14(23-12)17-11(20)10-2-1-7-22-10/h1-7,13H,(H,17,19,20). The Bertz CT molecular complexity index is 789. The van der Waals surface area contributed by atoms with Gasteiger partial charge < -0.3 is 4.74 Å². The van der Waals surface area contributed by atoms with E-state index in [9.17, 15) is 13.6 Å². The first-order valence-corrected chi connectivity index (χ1v) is 8.05. The second-order valence-corrected chi connectivity index (χ2v) is 6.17. The molecule has 1 amide bonds. The van der Waals surface area contributed by atoms with Crippen LogP contribution in [-0.2, 0) is 0 Å². The van der Waals surface area contributed by atoms with Crippen LogP contribution in [0.5, 0.6) is 5.75 Å². The molecule has 3 rings (SSSR count). The molecule has 1 N–H and O–H groups in total. The Hall–Kier alpha value is -2.39. The predicted molar refractivity (Wildman–Crippen MR) is 84.2 cm³/mol. The Kier molecular flexibility index (Phi) is 4.58. The number of alkyl halides is 2. The number of anilines is 1. The van der Waals surface area contributed by atoms with Crippen LogP contribution in [0.15, 0.2) is 41.8 Å².